The highest BCUT2D eigenvalue weighted by atomic mass is 16.5. The van der Waals surface area contributed by atoms with Crippen LogP contribution in [0.3, 0.4) is 0 Å². The van der Waals surface area contributed by atoms with Crippen molar-refractivity contribution in [2.75, 3.05) is 30.9 Å². The maximum atomic E-state index is 5.14. The summed E-state index contributed by atoms with van der Waals surface area (Å²) in [6.45, 7) is 3.36. The number of hydrogen-bond donors (Lipinski definition) is 2. The second-order valence-electron chi connectivity index (χ2n) is 6.07. The molecule has 4 rings (SSSR count). The zero-order chi connectivity index (χ0) is 17.2. The summed E-state index contributed by atoms with van der Waals surface area (Å²) in [5.41, 5.74) is 4.17. The van der Waals surface area contributed by atoms with Gasteiger partial charge in [0.1, 0.15) is 11.5 Å². The fraction of sp³-hybridized carbons (Fsp3) is 0.278. The van der Waals surface area contributed by atoms with Gasteiger partial charge < -0.3 is 19.8 Å². The highest BCUT2D eigenvalue weighted by molar-refractivity contribution is 5.87. The number of aromatic nitrogens is 4. The molecule has 1 aliphatic rings. The molecule has 0 saturated carbocycles. The average molecular weight is 336 g/mol. The molecule has 3 aromatic rings. The van der Waals surface area contributed by atoms with Crippen molar-refractivity contribution in [1.82, 2.24) is 19.4 Å². The summed E-state index contributed by atoms with van der Waals surface area (Å²) < 4.78 is 7.16. The molecule has 7 nitrogen and oxygen atoms in total. The molecule has 0 saturated heterocycles. The van der Waals surface area contributed by atoms with E-state index in [0.717, 1.165) is 34.7 Å². The van der Waals surface area contributed by atoms with Gasteiger partial charge in [-0.2, -0.15) is 4.98 Å². The van der Waals surface area contributed by atoms with Crippen LogP contribution >= 0.6 is 0 Å². The van der Waals surface area contributed by atoms with Gasteiger partial charge in [0, 0.05) is 50.0 Å². The maximum Gasteiger partial charge on any atom is 0.224 e. The Kier molecular flexibility index (Phi) is 4.07. The first kappa shape index (κ1) is 15.6. The van der Waals surface area contributed by atoms with Gasteiger partial charge in [0.25, 0.3) is 0 Å². The van der Waals surface area contributed by atoms with Crippen molar-refractivity contribution in [3.8, 4) is 0 Å². The van der Waals surface area contributed by atoms with E-state index in [9.17, 15) is 0 Å². The van der Waals surface area contributed by atoms with Crippen molar-refractivity contribution in [1.29, 1.82) is 0 Å². The Hall–Kier alpha value is -2.93. The quantitative estimate of drug-likeness (QED) is 0.745. The molecule has 0 amide bonds. The lowest BCUT2D eigenvalue weighted by Gasteiger charge is -2.20. The largest absolute Gasteiger partial charge is 0.383 e. The van der Waals surface area contributed by atoms with Gasteiger partial charge in [0.2, 0.25) is 5.95 Å². The Labute approximate surface area is 145 Å². The molecule has 7 heteroatoms. The molecule has 25 heavy (non-hydrogen) atoms. The summed E-state index contributed by atoms with van der Waals surface area (Å²) in [6.07, 6.45) is 9.84. The van der Waals surface area contributed by atoms with Gasteiger partial charge in [-0.3, -0.25) is 0 Å². The minimum absolute atomic E-state index is 0.144. The number of nitrogens with zero attached hydrogens (tertiary/aromatic N) is 4. The normalized spacial score (nSPS) is 14.6. The van der Waals surface area contributed by atoms with E-state index in [0.29, 0.717) is 12.6 Å². The summed E-state index contributed by atoms with van der Waals surface area (Å²) >= 11 is 0. The minimum Gasteiger partial charge on any atom is -0.383 e. The van der Waals surface area contributed by atoms with E-state index >= 15 is 0 Å². The second-order valence-corrected chi connectivity index (χ2v) is 6.07. The number of methoxy groups -OCH3 is 1. The van der Waals surface area contributed by atoms with Crippen molar-refractivity contribution in [2.24, 2.45) is 0 Å². The molecule has 0 aromatic carbocycles. The van der Waals surface area contributed by atoms with Crippen LogP contribution in [0, 0.1) is 0 Å². The van der Waals surface area contributed by atoms with Crippen molar-refractivity contribution >= 4 is 23.0 Å². The maximum absolute atomic E-state index is 5.14. The molecule has 0 radical (unpaired) electrons. The van der Waals surface area contributed by atoms with Crippen molar-refractivity contribution in [3.63, 3.8) is 0 Å². The molecule has 128 valence electrons. The van der Waals surface area contributed by atoms with E-state index in [1.165, 1.54) is 0 Å². The van der Waals surface area contributed by atoms with Crippen LogP contribution in [0.4, 0.5) is 11.8 Å². The fourth-order valence-electron chi connectivity index (χ4n) is 3.01. The zero-order valence-corrected chi connectivity index (χ0v) is 14.2. The predicted octanol–water partition coefficient (Wildman–Crippen LogP) is 2.43. The first-order chi connectivity index (χ1) is 12.2. The molecule has 4 heterocycles. The van der Waals surface area contributed by atoms with Crippen molar-refractivity contribution in [3.05, 3.63) is 54.1 Å². The standard InChI is InChI=1S/C18H20N6O/c1-12(11-25-2)22-18-21-9-15-14(5-6-20-17(15)23-18)13-3-4-16-19-7-8-24(16)10-13/h3-5,7-10,12H,6,11H2,1-2H3,(H2,20,21,22,23)/t12-/m0/s1. The molecule has 0 bridgehead atoms. The molecule has 1 aliphatic heterocycles. The van der Waals surface area contributed by atoms with Gasteiger partial charge in [-0.1, -0.05) is 6.08 Å². The summed E-state index contributed by atoms with van der Waals surface area (Å²) in [7, 11) is 1.68. The summed E-state index contributed by atoms with van der Waals surface area (Å²) in [5, 5.41) is 6.57. The topological polar surface area (TPSA) is 76.4 Å². The first-order valence-corrected chi connectivity index (χ1v) is 8.24. The molecule has 2 N–H and O–H groups in total. The minimum atomic E-state index is 0.144. The van der Waals surface area contributed by atoms with Crippen LogP contribution in [-0.4, -0.2) is 45.7 Å². The van der Waals surface area contributed by atoms with Crippen molar-refractivity contribution < 1.29 is 4.74 Å². The molecule has 0 fully saturated rings. The number of anilines is 2. The number of imidazole rings is 1. The molecule has 1 atom stereocenters. The van der Waals surface area contributed by atoms with Crippen molar-refractivity contribution in [2.45, 2.75) is 13.0 Å². The highest BCUT2D eigenvalue weighted by Crippen LogP contribution is 2.31. The summed E-state index contributed by atoms with van der Waals surface area (Å²) in [5.74, 6) is 1.44. The Morgan fingerprint density at radius 2 is 2.28 bits per heavy atom. The fourth-order valence-corrected chi connectivity index (χ4v) is 3.01. The third-order valence-corrected chi connectivity index (χ3v) is 4.15. The van der Waals surface area contributed by atoms with Gasteiger partial charge in [0.15, 0.2) is 0 Å². The second kappa shape index (κ2) is 6.52. The van der Waals surface area contributed by atoms with Gasteiger partial charge in [-0.25, -0.2) is 9.97 Å². The van der Waals surface area contributed by atoms with Crippen LogP contribution in [0.15, 0.2) is 43.0 Å². The van der Waals surface area contributed by atoms with Crippen LogP contribution in [0.25, 0.3) is 11.2 Å². The van der Waals surface area contributed by atoms with E-state index in [1.54, 1.807) is 13.3 Å². The predicted molar refractivity (Wildman–Crippen MR) is 97.8 cm³/mol. The molecule has 0 unspecified atom stereocenters. The van der Waals surface area contributed by atoms with E-state index in [-0.39, 0.29) is 6.04 Å². The van der Waals surface area contributed by atoms with Crippen LogP contribution in [0.2, 0.25) is 0 Å². The van der Waals surface area contributed by atoms with Gasteiger partial charge >= 0.3 is 0 Å². The van der Waals surface area contributed by atoms with E-state index in [2.05, 4.69) is 43.9 Å². The van der Waals surface area contributed by atoms with Gasteiger partial charge in [-0.15, -0.1) is 0 Å². The van der Waals surface area contributed by atoms with Gasteiger partial charge in [0.05, 0.1) is 6.61 Å². The SMILES string of the molecule is COC[C@H](C)Nc1ncc2c(n1)NCC=C2c1ccc2nccn2c1. The number of hydrogen-bond acceptors (Lipinski definition) is 6. The monoisotopic (exact) mass is 336 g/mol. The molecular weight excluding hydrogens is 316 g/mol. The Morgan fingerprint density at radius 1 is 1.36 bits per heavy atom. The Morgan fingerprint density at radius 3 is 3.16 bits per heavy atom. The highest BCUT2D eigenvalue weighted by Gasteiger charge is 2.17. The molecule has 0 aliphatic carbocycles. The van der Waals surface area contributed by atoms with Gasteiger partial charge in [-0.05, 0) is 30.2 Å². The number of fused-ring (bicyclic) bond motifs is 2. The van der Waals surface area contributed by atoms with Crippen LogP contribution < -0.4 is 10.6 Å². The lowest BCUT2D eigenvalue weighted by Crippen LogP contribution is -2.23. The van der Waals surface area contributed by atoms with E-state index < -0.39 is 0 Å². The number of nitrogens with one attached hydrogen (secondary N) is 2. The third kappa shape index (κ3) is 3.06. The lowest BCUT2D eigenvalue weighted by molar-refractivity contribution is 0.190. The first-order valence-electron chi connectivity index (χ1n) is 8.24. The van der Waals surface area contributed by atoms with Crippen LogP contribution in [-0.2, 0) is 4.74 Å². The van der Waals surface area contributed by atoms with E-state index in [4.69, 9.17) is 4.74 Å². The Bertz CT molecular complexity index is 932. The van der Waals surface area contributed by atoms with Crippen LogP contribution in [0.1, 0.15) is 18.1 Å². The average Bonchev–Trinajstić information content (AvgIpc) is 3.09. The zero-order valence-electron chi connectivity index (χ0n) is 14.2. The lowest BCUT2D eigenvalue weighted by atomic mass is 9.98. The molecular formula is C18H20N6O. The molecule has 3 aromatic heterocycles. The summed E-state index contributed by atoms with van der Waals surface area (Å²) in [4.78, 5) is 13.4. The number of rotatable bonds is 5. The number of pyridine rings is 1. The number of ether oxygens (including phenoxy) is 1. The smallest absolute Gasteiger partial charge is 0.224 e. The summed E-state index contributed by atoms with van der Waals surface area (Å²) in [6, 6.07) is 4.24. The van der Waals surface area contributed by atoms with Crippen LogP contribution in [0.5, 0.6) is 0 Å². The Balaban J connectivity index is 1.65. The van der Waals surface area contributed by atoms with E-state index in [1.807, 2.05) is 29.8 Å². The third-order valence-electron chi connectivity index (χ3n) is 4.15. The molecule has 0 spiro atoms.